The van der Waals surface area contributed by atoms with Gasteiger partial charge < -0.3 is 0 Å². The Bertz CT molecular complexity index is 573. The molecule has 96 valence electrons. The number of hydrogen-bond acceptors (Lipinski definition) is 3. The highest BCUT2D eigenvalue weighted by molar-refractivity contribution is 8.00. The molecule has 0 heterocycles. The van der Waals surface area contributed by atoms with Crippen LogP contribution in [0.3, 0.4) is 0 Å². The van der Waals surface area contributed by atoms with Crippen LogP contribution in [0.25, 0.3) is 0 Å². The van der Waals surface area contributed by atoms with Gasteiger partial charge in [0.2, 0.25) is 0 Å². The fraction of sp³-hybridized carbons (Fsp3) is 0.125. The van der Waals surface area contributed by atoms with Crippen molar-refractivity contribution < 1.29 is 9.59 Å². The summed E-state index contributed by atoms with van der Waals surface area (Å²) < 4.78 is 0. The first kappa shape index (κ1) is 13.6. The van der Waals surface area contributed by atoms with Crippen LogP contribution in [-0.2, 0) is 0 Å². The molecule has 0 amide bonds. The van der Waals surface area contributed by atoms with Gasteiger partial charge in [-0.05, 0) is 19.1 Å². The monoisotopic (exact) mass is 270 g/mol. The van der Waals surface area contributed by atoms with E-state index in [1.54, 1.807) is 19.1 Å². The summed E-state index contributed by atoms with van der Waals surface area (Å²) >= 11 is 1.48. The zero-order valence-corrected chi connectivity index (χ0v) is 11.4. The van der Waals surface area contributed by atoms with E-state index in [-0.39, 0.29) is 11.6 Å². The van der Waals surface area contributed by atoms with E-state index in [9.17, 15) is 9.59 Å². The molecule has 0 aliphatic rings. The van der Waals surface area contributed by atoms with E-state index in [1.807, 2.05) is 42.5 Å². The highest BCUT2D eigenvalue weighted by Gasteiger charge is 2.06. The molecule has 0 fully saturated rings. The quantitative estimate of drug-likeness (QED) is 0.611. The topological polar surface area (TPSA) is 34.1 Å². The molecule has 0 aromatic heterocycles. The van der Waals surface area contributed by atoms with Gasteiger partial charge in [0.25, 0.3) is 0 Å². The molecule has 2 nitrogen and oxygen atoms in total. The van der Waals surface area contributed by atoms with Gasteiger partial charge in [-0.3, -0.25) is 9.59 Å². The molecule has 19 heavy (non-hydrogen) atoms. The molecule has 2 aromatic rings. The maximum atomic E-state index is 11.9. The van der Waals surface area contributed by atoms with E-state index in [0.717, 1.165) is 10.5 Å². The van der Waals surface area contributed by atoms with Crippen molar-refractivity contribution in [2.75, 3.05) is 5.75 Å². The van der Waals surface area contributed by atoms with E-state index < -0.39 is 0 Å². The molecule has 0 aliphatic carbocycles. The van der Waals surface area contributed by atoms with Gasteiger partial charge in [-0.15, -0.1) is 11.8 Å². The molecular weight excluding hydrogens is 256 g/mol. The first-order valence-electron chi connectivity index (χ1n) is 5.99. The number of carbonyl (C=O) groups excluding carboxylic acids is 2. The molecule has 0 atom stereocenters. The summed E-state index contributed by atoms with van der Waals surface area (Å²) in [6.45, 7) is 1.54. The van der Waals surface area contributed by atoms with Crippen LogP contribution < -0.4 is 0 Å². The van der Waals surface area contributed by atoms with Crippen LogP contribution in [0.2, 0.25) is 0 Å². The summed E-state index contributed by atoms with van der Waals surface area (Å²) in [7, 11) is 0. The second-order valence-electron chi connectivity index (χ2n) is 4.16. The molecule has 0 radical (unpaired) electrons. The Morgan fingerprint density at radius 2 is 1.53 bits per heavy atom. The Morgan fingerprint density at radius 1 is 0.895 bits per heavy atom. The smallest absolute Gasteiger partial charge is 0.173 e. The van der Waals surface area contributed by atoms with E-state index in [4.69, 9.17) is 0 Å². The number of hydrogen-bond donors (Lipinski definition) is 0. The van der Waals surface area contributed by atoms with Gasteiger partial charge in [-0.25, -0.2) is 0 Å². The van der Waals surface area contributed by atoms with Gasteiger partial charge in [-0.2, -0.15) is 0 Å². The SMILES string of the molecule is CC(=O)c1ccc(SCC(=O)c2ccccc2)cc1. The molecule has 0 aliphatic heterocycles. The number of rotatable bonds is 5. The Morgan fingerprint density at radius 3 is 2.11 bits per heavy atom. The third kappa shape index (κ3) is 3.80. The van der Waals surface area contributed by atoms with Crippen LogP contribution in [0.4, 0.5) is 0 Å². The maximum Gasteiger partial charge on any atom is 0.173 e. The highest BCUT2D eigenvalue weighted by Crippen LogP contribution is 2.20. The summed E-state index contributed by atoms with van der Waals surface area (Å²) in [5.41, 5.74) is 1.43. The van der Waals surface area contributed by atoms with Crippen LogP contribution in [0.15, 0.2) is 59.5 Å². The Balaban J connectivity index is 1.95. The number of thioether (sulfide) groups is 1. The largest absolute Gasteiger partial charge is 0.295 e. The van der Waals surface area contributed by atoms with Gasteiger partial charge >= 0.3 is 0 Å². The van der Waals surface area contributed by atoms with Gasteiger partial charge in [0.05, 0.1) is 5.75 Å². The zero-order valence-electron chi connectivity index (χ0n) is 10.6. The van der Waals surface area contributed by atoms with Crippen LogP contribution in [-0.4, -0.2) is 17.3 Å². The van der Waals surface area contributed by atoms with Crippen LogP contribution in [0, 0.1) is 0 Å². The molecule has 0 N–H and O–H groups in total. The fourth-order valence-electron chi connectivity index (χ4n) is 1.64. The minimum absolute atomic E-state index is 0.0527. The summed E-state index contributed by atoms with van der Waals surface area (Å²) in [5.74, 6) is 0.571. The van der Waals surface area contributed by atoms with Crippen molar-refractivity contribution in [1.29, 1.82) is 0 Å². The predicted molar refractivity (Wildman–Crippen MR) is 77.9 cm³/mol. The minimum Gasteiger partial charge on any atom is -0.295 e. The van der Waals surface area contributed by atoms with Gasteiger partial charge in [0.15, 0.2) is 11.6 Å². The number of ketones is 2. The lowest BCUT2D eigenvalue weighted by atomic mass is 10.1. The van der Waals surface area contributed by atoms with Crippen molar-refractivity contribution in [3.05, 3.63) is 65.7 Å². The van der Waals surface area contributed by atoms with Crippen molar-refractivity contribution in [3.63, 3.8) is 0 Å². The lowest BCUT2D eigenvalue weighted by Crippen LogP contribution is -2.01. The number of carbonyl (C=O) groups is 2. The highest BCUT2D eigenvalue weighted by atomic mass is 32.2. The Labute approximate surface area is 116 Å². The summed E-state index contributed by atoms with van der Waals surface area (Å²) in [6.07, 6.45) is 0. The lowest BCUT2D eigenvalue weighted by Gasteiger charge is -2.02. The second kappa shape index (κ2) is 6.34. The van der Waals surface area contributed by atoms with Gasteiger partial charge in [0.1, 0.15) is 0 Å². The lowest BCUT2D eigenvalue weighted by molar-refractivity contribution is 0.101. The molecule has 0 saturated heterocycles. The van der Waals surface area contributed by atoms with E-state index >= 15 is 0 Å². The summed E-state index contributed by atoms with van der Waals surface area (Å²) in [5, 5.41) is 0. The normalized spacial score (nSPS) is 10.2. The third-order valence-electron chi connectivity index (χ3n) is 2.73. The van der Waals surface area contributed by atoms with Crippen molar-refractivity contribution in [3.8, 4) is 0 Å². The second-order valence-corrected chi connectivity index (χ2v) is 5.21. The van der Waals surface area contributed by atoms with Crippen LogP contribution in [0.5, 0.6) is 0 Å². The van der Waals surface area contributed by atoms with Crippen molar-refractivity contribution in [2.45, 2.75) is 11.8 Å². The van der Waals surface area contributed by atoms with Crippen molar-refractivity contribution >= 4 is 23.3 Å². The summed E-state index contributed by atoms with van der Waals surface area (Å²) in [4.78, 5) is 24.1. The Kier molecular flexibility index (Phi) is 4.53. The minimum atomic E-state index is 0.0527. The number of Topliss-reactive ketones (excluding diaryl/α,β-unsaturated/α-hetero) is 2. The van der Waals surface area contributed by atoms with E-state index in [2.05, 4.69) is 0 Å². The molecule has 0 saturated carbocycles. The molecule has 0 bridgehead atoms. The maximum absolute atomic E-state index is 11.9. The fourth-order valence-corrected chi connectivity index (χ4v) is 2.44. The van der Waals surface area contributed by atoms with Crippen LogP contribution >= 0.6 is 11.8 Å². The Hall–Kier alpha value is -1.87. The molecule has 3 heteroatoms. The van der Waals surface area contributed by atoms with Gasteiger partial charge in [0, 0.05) is 16.0 Å². The van der Waals surface area contributed by atoms with E-state index in [1.165, 1.54) is 11.8 Å². The van der Waals surface area contributed by atoms with Crippen molar-refractivity contribution in [2.24, 2.45) is 0 Å². The standard InChI is InChI=1S/C16H14O2S/c1-12(17)13-7-9-15(10-8-13)19-11-16(18)14-5-3-2-4-6-14/h2-10H,11H2,1H3. The average Bonchev–Trinajstić information content (AvgIpc) is 2.46. The average molecular weight is 270 g/mol. The molecule has 0 spiro atoms. The first-order valence-corrected chi connectivity index (χ1v) is 6.97. The van der Waals surface area contributed by atoms with Crippen LogP contribution in [0.1, 0.15) is 27.6 Å². The third-order valence-corrected chi connectivity index (χ3v) is 3.74. The first-order chi connectivity index (χ1) is 9.16. The zero-order chi connectivity index (χ0) is 13.7. The van der Waals surface area contributed by atoms with E-state index in [0.29, 0.717) is 11.3 Å². The summed E-state index contributed by atoms with van der Waals surface area (Å²) in [6, 6.07) is 16.6. The predicted octanol–water partition coefficient (Wildman–Crippen LogP) is 3.86. The van der Waals surface area contributed by atoms with Gasteiger partial charge in [-0.1, -0.05) is 42.5 Å². The molecule has 0 unspecified atom stereocenters. The molecular formula is C16H14O2S. The molecule has 2 aromatic carbocycles. The molecule has 2 rings (SSSR count). The van der Waals surface area contributed by atoms with Crippen molar-refractivity contribution in [1.82, 2.24) is 0 Å². The number of benzene rings is 2.